The van der Waals surface area contributed by atoms with Gasteiger partial charge < -0.3 is 29.0 Å². The number of benzene rings is 3. The van der Waals surface area contributed by atoms with Crippen molar-refractivity contribution in [3.05, 3.63) is 76.7 Å². The minimum atomic E-state index is -0.242. The van der Waals surface area contributed by atoms with Crippen molar-refractivity contribution in [3.63, 3.8) is 0 Å². The highest BCUT2D eigenvalue weighted by Crippen LogP contribution is 2.39. The molecule has 42 heavy (non-hydrogen) atoms. The molecule has 10 heteroatoms. The minimum Gasteiger partial charge on any atom is -0.493 e. The molecule has 0 saturated heterocycles. The molecule has 6 rings (SSSR count). The average Bonchev–Trinajstić information content (AvgIpc) is 3.36. The lowest BCUT2D eigenvalue weighted by molar-refractivity contribution is -0.123. The number of carbonyl (C=O) groups is 1. The highest BCUT2D eigenvalue weighted by atomic mass is 16.5. The quantitative estimate of drug-likeness (QED) is 0.243. The summed E-state index contributed by atoms with van der Waals surface area (Å²) in [4.78, 5) is 31.0. The third kappa shape index (κ3) is 4.41. The zero-order valence-electron chi connectivity index (χ0n) is 23.6. The third-order valence-corrected chi connectivity index (χ3v) is 7.42. The van der Waals surface area contributed by atoms with Crippen LogP contribution in [0.15, 0.2) is 65.6 Å². The zero-order valence-corrected chi connectivity index (χ0v) is 23.6. The number of rotatable bonds is 10. The molecule has 0 unspecified atom stereocenters. The molecule has 3 heterocycles. The Morgan fingerprint density at radius 1 is 0.833 bits per heavy atom. The number of methoxy groups -OCH3 is 4. The van der Waals surface area contributed by atoms with Gasteiger partial charge in [0.05, 0.1) is 50.4 Å². The molecule has 0 radical (unpaired) electrons. The van der Waals surface area contributed by atoms with Crippen LogP contribution in [-0.2, 0) is 11.2 Å². The van der Waals surface area contributed by atoms with Gasteiger partial charge in [-0.2, -0.15) is 0 Å². The fourth-order valence-electron chi connectivity index (χ4n) is 5.47. The lowest BCUT2D eigenvalue weighted by atomic mass is 10.1. The number of hydrogen-bond donors (Lipinski definition) is 1. The van der Waals surface area contributed by atoms with Crippen molar-refractivity contribution in [1.82, 2.24) is 14.7 Å². The van der Waals surface area contributed by atoms with E-state index in [1.807, 2.05) is 42.5 Å². The zero-order chi connectivity index (χ0) is 29.4. The molecular formula is C32H29N3O7. The van der Waals surface area contributed by atoms with Crippen LogP contribution in [0.2, 0.25) is 0 Å². The molecule has 3 aromatic carbocycles. The van der Waals surface area contributed by atoms with Crippen LogP contribution in [-0.4, -0.2) is 56.9 Å². The summed E-state index contributed by atoms with van der Waals surface area (Å²) >= 11 is 0. The number of aromatic nitrogens is 2. The Morgan fingerprint density at radius 2 is 1.62 bits per heavy atom. The fraction of sp³-hybridized carbons (Fsp3) is 0.219. The Labute approximate surface area is 240 Å². The van der Waals surface area contributed by atoms with Gasteiger partial charge in [0.25, 0.3) is 11.5 Å². The second kappa shape index (κ2) is 11.0. The molecule has 0 aliphatic carbocycles. The number of amides is 1. The predicted molar refractivity (Wildman–Crippen MR) is 160 cm³/mol. The van der Waals surface area contributed by atoms with E-state index in [2.05, 4.69) is 10.3 Å². The standard InChI is InChI=1S/C32H29N3O7/c1-38-24-9-5-18(15-26(24)40-3)11-13-33-27(36)17-42-19-6-8-23-22(16-19)20-12-14-34-29-21-7-10-25(39-2)31(41-4)28(21)32(37)35(23)30(20)29/h5-10,12,14-16H,11,13,17H2,1-4H3,(H,33,36). The van der Waals surface area contributed by atoms with Crippen LogP contribution < -0.4 is 34.6 Å². The van der Waals surface area contributed by atoms with Gasteiger partial charge in [-0.15, -0.1) is 0 Å². The molecule has 3 aromatic heterocycles. The first-order valence-corrected chi connectivity index (χ1v) is 13.3. The third-order valence-electron chi connectivity index (χ3n) is 7.42. The second-order valence-electron chi connectivity index (χ2n) is 9.68. The number of nitrogens with zero attached hydrogens (tertiary/aromatic N) is 2. The van der Waals surface area contributed by atoms with E-state index in [-0.39, 0.29) is 18.1 Å². The van der Waals surface area contributed by atoms with Crippen molar-refractivity contribution in [1.29, 1.82) is 0 Å². The lowest BCUT2D eigenvalue weighted by Crippen LogP contribution is -2.30. The normalized spacial score (nSPS) is 11.3. The van der Waals surface area contributed by atoms with E-state index >= 15 is 0 Å². The Morgan fingerprint density at radius 3 is 2.38 bits per heavy atom. The molecule has 1 amide bonds. The molecule has 0 saturated carbocycles. The SMILES string of the molecule is COc1ccc(CCNC(=O)COc2ccc3c(c2)c2ccnc4c5ccc(OC)c(OC)c5c(=O)n3c24)cc1OC. The molecule has 0 spiro atoms. The number of carbonyl (C=O) groups excluding carboxylic acids is 1. The van der Waals surface area contributed by atoms with Crippen molar-refractivity contribution in [2.24, 2.45) is 0 Å². The smallest absolute Gasteiger partial charge is 0.267 e. The maximum absolute atomic E-state index is 13.9. The Bertz CT molecular complexity index is 2020. The average molecular weight is 568 g/mol. The summed E-state index contributed by atoms with van der Waals surface area (Å²) in [5, 5.41) is 5.63. The van der Waals surface area contributed by atoms with Gasteiger partial charge in [-0.3, -0.25) is 19.0 Å². The highest BCUT2D eigenvalue weighted by Gasteiger charge is 2.22. The number of nitrogens with one attached hydrogen (secondary N) is 1. The molecule has 6 aromatic rings. The molecule has 0 bridgehead atoms. The summed E-state index contributed by atoms with van der Waals surface area (Å²) < 4.78 is 29.1. The van der Waals surface area contributed by atoms with Crippen molar-refractivity contribution in [2.75, 3.05) is 41.6 Å². The van der Waals surface area contributed by atoms with Gasteiger partial charge >= 0.3 is 0 Å². The first-order chi connectivity index (χ1) is 20.5. The van der Waals surface area contributed by atoms with E-state index in [1.54, 1.807) is 36.9 Å². The monoisotopic (exact) mass is 567 g/mol. The van der Waals surface area contributed by atoms with Crippen LogP contribution in [0.1, 0.15) is 5.56 Å². The largest absolute Gasteiger partial charge is 0.493 e. The van der Waals surface area contributed by atoms with Crippen LogP contribution >= 0.6 is 0 Å². The second-order valence-corrected chi connectivity index (χ2v) is 9.68. The number of hydrogen-bond acceptors (Lipinski definition) is 8. The van der Waals surface area contributed by atoms with Crippen LogP contribution in [0.25, 0.3) is 38.1 Å². The first-order valence-electron chi connectivity index (χ1n) is 13.3. The lowest BCUT2D eigenvalue weighted by Gasteiger charge is -2.12. The van der Waals surface area contributed by atoms with E-state index in [0.29, 0.717) is 69.0 Å². The summed E-state index contributed by atoms with van der Waals surface area (Å²) in [7, 11) is 6.22. The van der Waals surface area contributed by atoms with Crippen LogP contribution in [0.4, 0.5) is 0 Å². The van der Waals surface area contributed by atoms with Gasteiger partial charge in [0.15, 0.2) is 29.6 Å². The first kappa shape index (κ1) is 26.9. The minimum absolute atomic E-state index is 0.149. The summed E-state index contributed by atoms with van der Waals surface area (Å²) in [6.07, 6.45) is 2.35. The van der Waals surface area contributed by atoms with Crippen LogP contribution in [0.3, 0.4) is 0 Å². The Balaban J connectivity index is 1.25. The van der Waals surface area contributed by atoms with Gasteiger partial charge in [-0.25, -0.2) is 0 Å². The molecular weight excluding hydrogens is 538 g/mol. The summed E-state index contributed by atoms with van der Waals surface area (Å²) in [5.41, 5.74) is 2.86. The highest BCUT2D eigenvalue weighted by molar-refractivity contribution is 6.19. The molecule has 1 N–H and O–H groups in total. The van der Waals surface area contributed by atoms with Crippen molar-refractivity contribution in [2.45, 2.75) is 6.42 Å². The van der Waals surface area contributed by atoms with E-state index in [1.165, 1.54) is 14.2 Å². The van der Waals surface area contributed by atoms with E-state index in [4.69, 9.17) is 23.7 Å². The van der Waals surface area contributed by atoms with Gasteiger partial charge in [0.1, 0.15) is 5.75 Å². The van der Waals surface area contributed by atoms with E-state index < -0.39 is 0 Å². The number of pyridine rings is 2. The topological polar surface area (TPSA) is 110 Å². The maximum Gasteiger partial charge on any atom is 0.267 e. The van der Waals surface area contributed by atoms with Crippen LogP contribution in [0, 0.1) is 0 Å². The maximum atomic E-state index is 13.9. The molecule has 10 nitrogen and oxygen atoms in total. The number of ether oxygens (including phenoxy) is 5. The van der Waals surface area contributed by atoms with E-state index in [9.17, 15) is 9.59 Å². The molecule has 0 fully saturated rings. The fourth-order valence-corrected chi connectivity index (χ4v) is 5.47. The summed E-state index contributed by atoms with van der Waals surface area (Å²) in [6, 6.07) is 16.6. The predicted octanol–water partition coefficient (Wildman–Crippen LogP) is 4.36. The van der Waals surface area contributed by atoms with Crippen molar-refractivity contribution in [3.8, 4) is 28.7 Å². The molecule has 214 valence electrons. The van der Waals surface area contributed by atoms with Gasteiger partial charge in [-0.1, -0.05) is 6.07 Å². The van der Waals surface area contributed by atoms with Gasteiger partial charge in [-0.05, 0) is 60.5 Å². The number of fused-ring (bicyclic) bond motifs is 5. The van der Waals surface area contributed by atoms with E-state index in [0.717, 1.165) is 16.3 Å². The van der Waals surface area contributed by atoms with Gasteiger partial charge in [0.2, 0.25) is 0 Å². The molecule has 0 aliphatic heterocycles. The van der Waals surface area contributed by atoms with Crippen LogP contribution in [0.5, 0.6) is 28.7 Å². The Kier molecular flexibility index (Phi) is 7.03. The molecule has 0 atom stereocenters. The Hall–Kier alpha value is -5.25. The molecule has 0 aliphatic rings. The summed E-state index contributed by atoms with van der Waals surface area (Å²) in [5.74, 6) is 2.40. The van der Waals surface area contributed by atoms with Crippen molar-refractivity contribution >= 4 is 44.0 Å². The van der Waals surface area contributed by atoms with Gasteiger partial charge in [0, 0.05) is 28.9 Å². The summed E-state index contributed by atoms with van der Waals surface area (Å²) in [6.45, 7) is 0.293. The van der Waals surface area contributed by atoms with Crippen molar-refractivity contribution < 1.29 is 28.5 Å².